The second-order valence-electron chi connectivity index (χ2n) is 5.19. The van der Waals surface area contributed by atoms with Crippen molar-refractivity contribution >= 4 is 11.6 Å². The van der Waals surface area contributed by atoms with Crippen molar-refractivity contribution in [2.24, 2.45) is 5.92 Å². The molecule has 0 radical (unpaired) electrons. The molecule has 0 saturated carbocycles. The van der Waals surface area contributed by atoms with Gasteiger partial charge in [-0.05, 0) is 19.3 Å². The summed E-state index contributed by atoms with van der Waals surface area (Å²) in [5.41, 5.74) is 0.579. The summed E-state index contributed by atoms with van der Waals surface area (Å²) >= 11 is 0. The molecule has 0 aliphatic rings. The molecule has 112 valence electrons. The van der Waals surface area contributed by atoms with Crippen LogP contribution >= 0.6 is 0 Å². The van der Waals surface area contributed by atoms with Gasteiger partial charge >= 0.3 is 0 Å². The largest absolute Gasteiger partial charge is 0.494 e. The fourth-order valence-corrected chi connectivity index (χ4v) is 1.95. The number of amides is 1. The van der Waals surface area contributed by atoms with Crippen LogP contribution in [0.4, 0.5) is 5.69 Å². The molecule has 1 N–H and O–H groups in total. The highest BCUT2D eigenvalue weighted by Gasteiger charge is 2.09. The summed E-state index contributed by atoms with van der Waals surface area (Å²) in [4.78, 5) is 15.8. The number of pyridine rings is 1. The van der Waals surface area contributed by atoms with Gasteiger partial charge in [0, 0.05) is 12.3 Å². The van der Waals surface area contributed by atoms with Gasteiger partial charge in [0.15, 0.2) is 0 Å². The number of carbonyl (C=O) groups excluding carboxylic acids is 1. The first-order valence-corrected chi connectivity index (χ1v) is 6.92. The van der Waals surface area contributed by atoms with Crippen molar-refractivity contribution in [1.29, 1.82) is 0 Å². The molecule has 0 aliphatic carbocycles. The molecular weight excluding hydrogens is 256 g/mol. The zero-order chi connectivity index (χ0) is 15.0. The van der Waals surface area contributed by atoms with Gasteiger partial charge < -0.3 is 14.8 Å². The van der Waals surface area contributed by atoms with Crippen LogP contribution in [0.3, 0.4) is 0 Å². The van der Waals surface area contributed by atoms with E-state index < -0.39 is 0 Å². The van der Waals surface area contributed by atoms with Crippen LogP contribution in [0.2, 0.25) is 0 Å². The lowest BCUT2D eigenvalue weighted by molar-refractivity contribution is -0.117. The third kappa shape index (κ3) is 6.02. The maximum Gasteiger partial charge on any atom is 0.226 e. The van der Waals surface area contributed by atoms with E-state index in [0.29, 0.717) is 30.4 Å². The Hall–Kier alpha value is -1.62. The Morgan fingerprint density at radius 3 is 2.80 bits per heavy atom. The van der Waals surface area contributed by atoms with Crippen molar-refractivity contribution in [2.75, 3.05) is 19.0 Å². The molecule has 0 saturated heterocycles. The Bertz CT molecular complexity index is 421. The summed E-state index contributed by atoms with van der Waals surface area (Å²) < 4.78 is 10.8. The lowest BCUT2D eigenvalue weighted by Crippen LogP contribution is -2.18. The van der Waals surface area contributed by atoms with E-state index in [1.165, 1.54) is 0 Å². The third-order valence-corrected chi connectivity index (χ3v) is 2.81. The van der Waals surface area contributed by atoms with Crippen molar-refractivity contribution in [3.63, 3.8) is 0 Å². The van der Waals surface area contributed by atoms with Crippen LogP contribution in [0.1, 0.15) is 33.6 Å². The van der Waals surface area contributed by atoms with Gasteiger partial charge in [0.05, 0.1) is 32.4 Å². The van der Waals surface area contributed by atoms with E-state index in [2.05, 4.69) is 24.1 Å². The van der Waals surface area contributed by atoms with Crippen molar-refractivity contribution in [3.05, 3.63) is 18.5 Å². The van der Waals surface area contributed by atoms with E-state index in [0.717, 1.165) is 6.42 Å². The summed E-state index contributed by atoms with van der Waals surface area (Å²) in [6, 6.07) is 1.71. The molecule has 1 aromatic rings. The van der Waals surface area contributed by atoms with Crippen molar-refractivity contribution < 1.29 is 14.3 Å². The van der Waals surface area contributed by atoms with E-state index in [9.17, 15) is 4.79 Å². The van der Waals surface area contributed by atoms with E-state index in [1.54, 1.807) is 25.6 Å². The predicted octanol–water partition coefficient (Wildman–Crippen LogP) is 2.87. The second kappa shape index (κ2) is 8.53. The van der Waals surface area contributed by atoms with E-state index >= 15 is 0 Å². The maximum absolute atomic E-state index is 11.8. The maximum atomic E-state index is 11.8. The first-order chi connectivity index (χ1) is 9.52. The number of hydrogen-bond donors (Lipinski definition) is 1. The van der Waals surface area contributed by atoms with Gasteiger partial charge in [-0.1, -0.05) is 13.8 Å². The van der Waals surface area contributed by atoms with Gasteiger partial charge in [-0.15, -0.1) is 0 Å². The Kier molecular flexibility index (Phi) is 7.01. The van der Waals surface area contributed by atoms with E-state index in [-0.39, 0.29) is 12.0 Å². The second-order valence-corrected chi connectivity index (χ2v) is 5.19. The molecule has 0 aliphatic heterocycles. The van der Waals surface area contributed by atoms with Gasteiger partial charge in [0.25, 0.3) is 0 Å². The van der Waals surface area contributed by atoms with Crippen LogP contribution in [-0.2, 0) is 9.53 Å². The highest BCUT2D eigenvalue weighted by atomic mass is 16.5. The van der Waals surface area contributed by atoms with Crippen LogP contribution in [0, 0.1) is 5.92 Å². The molecule has 1 atom stereocenters. The lowest BCUT2D eigenvalue weighted by Gasteiger charge is -2.15. The Balaban J connectivity index is 2.33. The van der Waals surface area contributed by atoms with Gasteiger partial charge in [0.2, 0.25) is 5.91 Å². The molecule has 1 amide bonds. The van der Waals surface area contributed by atoms with Crippen LogP contribution in [0.25, 0.3) is 0 Å². The molecule has 0 spiro atoms. The van der Waals surface area contributed by atoms with Gasteiger partial charge in [-0.2, -0.15) is 0 Å². The average molecular weight is 280 g/mol. The first kappa shape index (κ1) is 16.4. The zero-order valence-electron chi connectivity index (χ0n) is 12.7. The third-order valence-electron chi connectivity index (χ3n) is 2.81. The van der Waals surface area contributed by atoms with Crippen LogP contribution in [0.5, 0.6) is 5.75 Å². The summed E-state index contributed by atoms with van der Waals surface area (Å²) in [5.74, 6) is 1.09. The first-order valence-electron chi connectivity index (χ1n) is 6.92. The van der Waals surface area contributed by atoms with Crippen molar-refractivity contribution in [3.8, 4) is 5.75 Å². The fourth-order valence-electron chi connectivity index (χ4n) is 1.95. The molecule has 5 nitrogen and oxygen atoms in total. The Morgan fingerprint density at radius 2 is 2.15 bits per heavy atom. The molecule has 0 bridgehead atoms. The van der Waals surface area contributed by atoms with Crippen molar-refractivity contribution in [2.45, 2.75) is 39.7 Å². The van der Waals surface area contributed by atoms with Crippen molar-refractivity contribution in [1.82, 2.24) is 4.98 Å². The molecule has 1 aromatic heterocycles. The van der Waals surface area contributed by atoms with Crippen LogP contribution < -0.4 is 10.1 Å². The summed E-state index contributed by atoms with van der Waals surface area (Å²) in [6.07, 6.45) is 4.68. The minimum atomic E-state index is -0.104. The molecule has 1 rings (SSSR count). The number of hydrogen-bond acceptors (Lipinski definition) is 4. The average Bonchev–Trinajstić information content (AvgIpc) is 2.38. The van der Waals surface area contributed by atoms with Gasteiger partial charge in [-0.3, -0.25) is 9.78 Å². The molecule has 20 heavy (non-hydrogen) atoms. The van der Waals surface area contributed by atoms with E-state index in [1.807, 2.05) is 6.92 Å². The number of methoxy groups -OCH3 is 1. The topological polar surface area (TPSA) is 60.5 Å². The normalized spacial score (nSPS) is 12.2. The fraction of sp³-hybridized carbons (Fsp3) is 0.600. The molecule has 5 heteroatoms. The molecular formula is C15H24N2O3. The quantitative estimate of drug-likeness (QED) is 0.795. The molecule has 0 fully saturated rings. The molecule has 1 heterocycles. The summed E-state index contributed by atoms with van der Waals surface area (Å²) in [5, 5.41) is 2.77. The number of ether oxygens (including phenoxy) is 2. The predicted molar refractivity (Wildman–Crippen MR) is 78.9 cm³/mol. The number of nitrogens with zero attached hydrogens (tertiary/aromatic N) is 1. The minimum absolute atomic E-state index is 0.104. The molecule has 1 unspecified atom stereocenters. The van der Waals surface area contributed by atoms with Gasteiger partial charge in [0.1, 0.15) is 11.4 Å². The summed E-state index contributed by atoms with van der Waals surface area (Å²) in [6.45, 7) is 6.76. The highest BCUT2D eigenvalue weighted by molar-refractivity contribution is 5.92. The number of anilines is 1. The zero-order valence-corrected chi connectivity index (χ0v) is 12.7. The van der Waals surface area contributed by atoms with Crippen LogP contribution in [-0.4, -0.2) is 30.7 Å². The standard InChI is InChI=1S/C15H24N2O3/c1-11(2)9-12(3)20-8-6-15(18)17-13-10-16-7-5-14(13)19-4/h5,7,10-12H,6,8-9H2,1-4H3,(H,17,18). The number of rotatable bonds is 8. The summed E-state index contributed by atoms with van der Waals surface area (Å²) in [7, 11) is 1.56. The smallest absolute Gasteiger partial charge is 0.226 e. The Morgan fingerprint density at radius 1 is 1.40 bits per heavy atom. The van der Waals surface area contributed by atoms with Crippen LogP contribution in [0.15, 0.2) is 18.5 Å². The number of carbonyl (C=O) groups is 1. The van der Waals surface area contributed by atoms with E-state index in [4.69, 9.17) is 9.47 Å². The Labute approximate surface area is 120 Å². The highest BCUT2D eigenvalue weighted by Crippen LogP contribution is 2.21. The lowest BCUT2D eigenvalue weighted by atomic mass is 10.1. The SMILES string of the molecule is COc1ccncc1NC(=O)CCOC(C)CC(C)C. The minimum Gasteiger partial charge on any atom is -0.494 e. The number of aromatic nitrogens is 1. The molecule has 0 aromatic carbocycles. The number of nitrogens with one attached hydrogen (secondary N) is 1. The monoisotopic (exact) mass is 280 g/mol. The van der Waals surface area contributed by atoms with Gasteiger partial charge in [-0.25, -0.2) is 0 Å².